The molecule has 2 aromatic carbocycles. The Labute approximate surface area is 230 Å². The quantitative estimate of drug-likeness (QED) is 0.469. The van der Waals surface area contributed by atoms with E-state index in [2.05, 4.69) is 23.6 Å². The molecule has 39 heavy (non-hydrogen) atoms. The molecule has 2 fully saturated rings. The maximum Gasteiger partial charge on any atom is 0.455 e. The molecule has 0 radical (unpaired) electrons. The predicted octanol–water partition coefficient (Wildman–Crippen LogP) is 4.97. The first-order chi connectivity index (χ1) is 18.9. The van der Waals surface area contributed by atoms with Crippen LogP contribution < -0.4 is 5.73 Å². The number of primary amides is 1. The summed E-state index contributed by atoms with van der Waals surface area (Å²) in [5.41, 5.74) is 9.64. The molecule has 2 aliphatic rings. The fourth-order valence-corrected chi connectivity index (χ4v) is 5.90. The van der Waals surface area contributed by atoms with E-state index in [4.69, 9.17) is 15.6 Å². The Kier molecular flexibility index (Phi) is 8.26. The molecular formula is C31H40N5O3+. The Morgan fingerprint density at radius 2 is 1.56 bits per heavy atom. The second-order valence-electron chi connectivity index (χ2n) is 11.1. The van der Waals surface area contributed by atoms with Gasteiger partial charge in [-0.15, -0.1) is 0 Å². The molecule has 0 bridgehead atoms. The van der Waals surface area contributed by atoms with Crippen molar-refractivity contribution in [1.82, 2.24) is 14.8 Å². The molecule has 2 N–H and O–H groups in total. The maximum absolute atomic E-state index is 14.2. The van der Waals surface area contributed by atoms with E-state index in [1.165, 1.54) is 0 Å². The summed E-state index contributed by atoms with van der Waals surface area (Å²) in [5, 5.41) is 0.732. The molecule has 0 saturated carbocycles. The molecule has 2 aliphatic heterocycles. The number of pyridine rings is 1. The normalized spacial score (nSPS) is 18.6. The minimum absolute atomic E-state index is 0.405. The number of hydrogen-bond acceptors (Lipinski definition) is 6. The van der Waals surface area contributed by atoms with Gasteiger partial charge in [0.1, 0.15) is 13.1 Å². The fourth-order valence-electron chi connectivity index (χ4n) is 5.90. The SMILES string of the molecule is CC(C)N1CCN(Cc2c(-c3ccccc3)nc3ccccc3c2C(=O)O[N+]2(C(N)=O)CCCCCC2)CC1. The van der Waals surface area contributed by atoms with E-state index < -0.39 is 16.6 Å². The minimum atomic E-state index is -0.613. The summed E-state index contributed by atoms with van der Waals surface area (Å²) in [6.45, 7) is 9.57. The van der Waals surface area contributed by atoms with Crippen molar-refractivity contribution in [1.29, 1.82) is 0 Å². The molecule has 0 atom stereocenters. The third-order valence-corrected chi connectivity index (χ3v) is 8.21. The van der Waals surface area contributed by atoms with E-state index in [9.17, 15) is 9.59 Å². The van der Waals surface area contributed by atoms with E-state index in [1.807, 2.05) is 54.6 Å². The molecule has 3 heterocycles. The van der Waals surface area contributed by atoms with Crippen LogP contribution in [0.15, 0.2) is 54.6 Å². The summed E-state index contributed by atoms with van der Waals surface area (Å²) in [7, 11) is 0. The van der Waals surface area contributed by atoms with E-state index in [0.717, 1.165) is 79.6 Å². The summed E-state index contributed by atoms with van der Waals surface area (Å²) in [5.74, 6) is -0.512. The van der Waals surface area contributed by atoms with E-state index >= 15 is 0 Å². The summed E-state index contributed by atoms with van der Waals surface area (Å²) in [6.07, 6.45) is 3.56. The molecule has 8 nitrogen and oxygen atoms in total. The van der Waals surface area contributed by atoms with Gasteiger partial charge in [0.25, 0.3) is 0 Å². The Morgan fingerprint density at radius 3 is 2.21 bits per heavy atom. The molecule has 0 aliphatic carbocycles. The second kappa shape index (κ2) is 11.8. The van der Waals surface area contributed by atoms with Gasteiger partial charge in [0.2, 0.25) is 0 Å². The average Bonchev–Trinajstić information content (AvgIpc) is 3.20. The van der Waals surface area contributed by atoms with Crippen molar-refractivity contribution in [3.8, 4) is 11.3 Å². The van der Waals surface area contributed by atoms with Crippen molar-refractivity contribution < 1.29 is 19.1 Å². The van der Waals surface area contributed by atoms with Crippen LogP contribution >= 0.6 is 0 Å². The van der Waals surface area contributed by atoms with Crippen LogP contribution in [0.5, 0.6) is 0 Å². The third-order valence-electron chi connectivity index (χ3n) is 8.21. The monoisotopic (exact) mass is 530 g/mol. The highest BCUT2D eigenvalue weighted by molar-refractivity contribution is 6.06. The number of carbonyl (C=O) groups is 2. The Morgan fingerprint density at radius 1 is 0.923 bits per heavy atom. The number of quaternary nitrogens is 1. The topological polar surface area (TPSA) is 88.8 Å². The number of nitrogens with zero attached hydrogens (tertiary/aromatic N) is 4. The van der Waals surface area contributed by atoms with Gasteiger partial charge in [-0.05, 0) is 32.8 Å². The average molecular weight is 531 g/mol. The van der Waals surface area contributed by atoms with Crippen LogP contribution in [0.1, 0.15) is 55.5 Å². The van der Waals surface area contributed by atoms with Gasteiger partial charge in [0.15, 0.2) is 0 Å². The largest absolute Gasteiger partial charge is 0.455 e. The number of nitrogens with two attached hydrogens (primary N) is 1. The first-order valence-electron chi connectivity index (χ1n) is 14.2. The predicted molar refractivity (Wildman–Crippen MR) is 153 cm³/mol. The molecule has 0 unspecified atom stereocenters. The van der Waals surface area contributed by atoms with Gasteiger partial charge < -0.3 is 5.73 Å². The lowest BCUT2D eigenvalue weighted by Gasteiger charge is -2.37. The first kappa shape index (κ1) is 27.2. The summed E-state index contributed by atoms with van der Waals surface area (Å²) in [4.78, 5) is 43.0. The molecule has 2 amide bonds. The number of benzene rings is 2. The summed E-state index contributed by atoms with van der Waals surface area (Å²) in [6, 6.07) is 17.6. The van der Waals surface area contributed by atoms with Crippen LogP contribution in [0.4, 0.5) is 4.79 Å². The zero-order valence-corrected chi connectivity index (χ0v) is 23.1. The Balaban J connectivity index is 1.61. The molecule has 5 rings (SSSR count). The minimum Gasteiger partial charge on any atom is -0.316 e. The Bertz CT molecular complexity index is 1310. The van der Waals surface area contributed by atoms with Crippen LogP contribution in [-0.2, 0) is 11.4 Å². The van der Waals surface area contributed by atoms with E-state index in [0.29, 0.717) is 31.2 Å². The fraction of sp³-hybridized carbons (Fsp3) is 0.452. The number of amides is 2. The summed E-state index contributed by atoms with van der Waals surface area (Å²) < 4.78 is -0.456. The number of piperazine rings is 1. The van der Waals surface area contributed by atoms with Crippen molar-refractivity contribution in [2.45, 2.75) is 52.1 Å². The lowest BCUT2D eigenvalue weighted by atomic mass is 9.96. The van der Waals surface area contributed by atoms with Gasteiger partial charge in [-0.3, -0.25) is 14.6 Å². The number of hydrogen-bond donors (Lipinski definition) is 1. The molecule has 8 heteroatoms. The van der Waals surface area contributed by atoms with Gasteiger partial charge >= 0.3 is 12.0 Å². The molecule has 2 saturated heterocycles. The zero-order chi connectivity index (χ0) is 27.4. The Hall–Kier alpha value is -3.33. The van der Waals surface area contributed by atoms with Gasteiger partial charge in [-0.25, -0.2) is 14.6 Å². The van der Waals surface area contributed by atoms with Crippen molar-refractivity contribution in [2.75, 3.05) is 39.3 Å². The maximum atomic E-state index is 14.2. The lowest BCUT2D eigenvalue weighted by Crippen LogP contribution is -2.57. The van der Waals surface area contributed by atoms with Gasteiger partial charge in [-0.1, -0.05) is 53.2 Å². The summed E-state index contributed by atoms with van der Waals surface area (Å²) >= 11 is 0. The van der Waals surface area contributed by atoms with Crippen LogP contribution in [0, 0.1) is 0 Å². The number of likely N-dealkylation sites (tertiary alicyclic amines) is 1. The zero-order valence-electron chi connectivity index (χ0n) is 23.1. The van der Waals surface area contributed by atoms with Gasteiger partial charge in [0, 0.05) is 68.1 Å². The number of fused-ring (bicyclic) bond motifs is 1. The standard InChI is InChI=1S/C31H39N5O3/c1-23(2)35-18-16-34(17-19-35)22-26-28(30(37)39-36(31(32)38)20-10-3-4-11-21-36)25-14-8-9-15-27(25)33-29(26)24-12-6-5-7-13-24/h5-9,12-15,23H,3-4,10-11,16-22H2,1-2H3,(H-,32,38)/p+1. The van der Waals surface area contributed by atoms with Crippen LogP contribution in [0.3, 0.4) is 0 Å². The molecule has 3 aromatic rings. The van der Waals surface area contributed by atoms with Crippen molar-refractivity contribution in [3.05, 3.63) is 65.7 Å². The highest BCUT2D eigenvalue weighted by Crippen LogP contribution is 2.33. The van der Waals surface area contributed by atoms with Crippen LogP contribution in [0.25, 0.3) is 22.2 Å². The number of carbonyl (C=O) groups excluding carboxylic acids is 2. The molecule has 206 valence electrons. The highest BCUT2D eigenvalue weighted by Gasteiger charge is 2.42. The van der Waals surface area contributed by atoms with Crippen molar-refractivity contribution in [3.63, 3.8) is 0 Å². The number of rotatable bonds is 5. The number of hydroxylamine groups is 3. The first-order valence-corrected chi connectivity index (χ1v) is 14.2. The molecular weight excluding hydrogens is 490 g/mol. The van der Waals surface area contributed by atoms with Gasteiger partial charge in [-0.2, -0.15) is 0 Å². The molecule has 1 aromatic heterocycles. The van der Waals surface area contributed by atoms with E-state index in [-0.39, 0.29) is 0 Å². The van der Waals surface area contributed by atoms with Crippen molar-refractivity contribution in [2.24, 2.45) is 5.73 Å². The van der Waals surface area contributed by atoms with Crippen LogP contribution in [0.2, 0.25) is 0 Å². The van der Waals surface area contributed by atoms with Crippen LogP contribution in [-0.4, -0.2) is 76.7 Å². The highest BCUT2D eigenvalue weighted by atomic mass is 16.8. The van der Waals surface area contributed by atoms with Gasteiger partial charge in [0.05, 0.1) is 16.8 Å². The lowest BCUT2D eigenvalue weighted by molar-refractivity contribution is -1.02. The third kappa shape index (κ3) is 5.83. The molecule has 0 spiro atoms. The number of para-hydroxylation sites is 1. The smallest absolute Gasteiger partial charge is 0.316 e. The number of aromatic nitrogens is 1. The van der Waals surface area contributed by atoms with E-state index in [1.54, 1.807) is 0 Å². The number of urea groups is 1. The second-order valence-corrected chi connectivity index (χ2v) is 11.1. The van der Waals surface area contributed by atoms with Crippen molar-refractivity contribution >= 4 is 22.9 Å².